The molecule has 0 aliphatic heterocycles. The maximum absolute atomic E-state index is 13.0. The van der Waals surface area contributed by atoms with Crippen molar-refractivity contribution in [1.29, 1.82) is 0 Å². The molecule has 0 unspecified atom stereocenters. The van der Waals surface area contributed by atoms with Crippen molar-refractivity contribution >= 4 is 11.6 Å². The van der Waals surface area contributed by atoms with Crippen molar-refractivity contribution in [2.24, 2.45) is 5.41 Å². The van der Waals surface area contributed by atoms with E-state index in [-0.39, 0.29) is 10.8 Å². The summed E-state index contributed by atoms with van der Waals surface area (Å²) in [6.45, 7) is 4.08. The van der Waals surface area contributed by atoms with Gasteiger partial charge in [-0.3, -0.25) is 0 Å². The zero-order valence-corrected chi connectivity index (χ0v) is 11.0. The second-order valence-corrected chi connectivity index (χ2v) is 5.47. The lowest BCUT2D eigenvalue weighted by Crippen LogP contribution is -2.39. The van der Waals surface area contributed by atoms with Crippen LogP contribution in [-0.4, -0.2) is 6.54 Å². The lowest BCUT2D eigenvalue weighted by atomic mass is 9.67. The van der Waals surface area contributed by atoms with Crippen LogP contribution < -0.4 is 5.32 Å². The smallest absolute Gasteiger partial charge is 0.141 e. The topological polar surface area (TPSA) is 12.0 Å². The molecular formula is C14H19ClFN. The minimum Gasteiger partial charge on any atom is -0.312 e. The number of rotatable bonds is 5. The average molecular weight is 256 g/mol. The second kappa shape index (κ2) is 5.36. The van der Waals surface area contributed by atoms with E-state index in [1.165, 1.54) is 31.7 Å². The first-order chi connectivity index (χ1) is 8.15. The van der Waals surface area contributed by atoms with Crippen LogP contribution in [0.3, 0.4) is 0 Å². The van der Waals surface area contributed by atoms with Gasteiger partial charge in [-0.15, -0.1) is 0 Å². The summed E-state index contributed by atoms with van der Waals surface area (Å²) >= 11 is 5.75. The molecule has 1 aliphatic rings. The molecule has 94 valence electrons. The van der Waals surface area contributed by atoms with E-state index in [9.17, 15) is 4.39 Å². The Morgan fingerprint density at radius 3 is 2.71 bits per heavy atom. The molecule has 1 aromatic rings. The summed E-state index contributed by atoms with van der Waals surface area (Å²) in [5.74, 6) is -0.348. The predicted molar refractivity (Wildman–Crippen MR) is 69.7 cm³/mol. The summed E-state index contributed by atoms with van der Waals surface area (Å²) in [6.07, 6.45) is 5.27. The Labute approximate surface area is 107 Å². The molecule has 0 saturated heterocycles. The highest BCUT2D eigenvalue weighted by Gasteiger charge is 2.34. The van der Waals surface area contributed by atoms with Gasteiger partial charge in [0.1, 0.15) is 5.82 Å². The maximum Gasteiger partial charge on any atom is 0.141 e. The van der Waals surface area contributed by atoms with E-state index in [0.29, 0.717) is 5.41 Å². The molecule has 3 heteroatoms. The van der Waals surface area contributed by atoms with Crippen molar-refractivity contribution in [3.8, 4) is 0 Å². The van der Waals surface area contributed by atoms with E-state index >= 15 is 0 Å². The summed E-state index contributed by atoms with van der Waals surface area (Å²) in [5, 5.41) is 3.67. The largest absolute Gasteiger partial charge is 0.312 e. The first kappa shape index (κ1) is 12.8. The predicted octanol–water partition coefficient (Wildman–Crippen LogP) is 4.15. The summed E-state index contributed by atoms with van der Waals surface area (Å²) in [4.78, 5) is 0. The van der Waals surface area contributed by atoms with E-state index in [1.54, 1.807) is 12.1 Å². The van der Waals surface area contributed by atoms with Gasteiger partial charge in [-0.1, -0.05) is 31.0 Å². The summed E-state index contributed by atoms with van der Waals surface area (Å²) < 4.78 is 13.0. The Kier molecular flexibility index (Phi) is 4.05. The van der Waals surface area contributed by atoms with Gasteiger partial charge in [-0.2, -0.15) is 0 Å². The molecule has 0 amide bonds. The molecule has 1 N–H and O–H groups in total. The van der Waals surface area contributed by atoms with Gasteiger partial charge in [-0.05, 0) is 42.4 Å². The van der Waals surface area contributed by atoms with Crippen molar-refractivity contribution in [2.45, 2.75) is 39.2 Å². The highest BCUT2D eigenvalue weighted by molar-refractivity contribution is 6.30. The third kappa shape index (κ3) is 2.99. The van der Waals surface area contributed by atoms with E-state index in [1.807, 2.05) is 0 Å². The Hall–Kier alpha value is -0.600. The third-order valence-corrected chi connectivity index (χ3v) is 4.27. The summed E-state index contributed by atoms with van der Waals surface area (Å²) in [6, 6.07) is 4.91. The first-order valence-corrected chi connectivity index (χ1v) is 6.68. The van der Waals surface area contributed by atoms with Crippen LogP contribution >= 0.6 is 11.6 Å². The number of halogens is 2. The van der Waals surface area contributed by atoms with Crippen LogP contribution in [0, 0.1) is 11.2 Å². The molecule has 2 rings (SSSR count). The molecule has 1 saturated carbocycles. The van der Waals surface area contributed by atoms with Gasteiger partial charge in [0.15, 0.2) is 0 Å². The molecule has 1 aliphatic carbocycles. The standard InChI is InChI=1S/C14H19ClFN/c1-2-14(6-3-7-14)10-17-9-11-4-5-13(16)12(15)8-11/h4-5,8,17H,2-3,6-7,9-10H2,1H3. The Balaban J connectivity index is 1.83. The van der Waals surface area contributed by atoms with E-state index in [4.69, 9.17) is 11.6 Å². The van der Waals surface area contributed by atoms with E-state index < -0.39 is 0 Å². The monoisotopic (exact) mass is 255 g/mol. The zero-order chi connectivity index (χ0) is 12.3. The fraction of sp³-hybridized carbons (Fsp3) is 0.571. The van der Waals surface area contributed by atoms with Gasteiger partial charge in [0, 0.05) is 13.1 Å². The molecule has 17 heavy (non-hydrogen) atoms. The summed E-state index contributed by atoms with van der Waals surface area (Å²) in [7, 11) is 0. The van der Waals surface area contributed by atoms with Crippen LogP contribution in [-0.2, 0) is 6.54 Å². The van der Waals surface area contributed by atoms with Crippen molar-refractivity contribution in [3.63, 3.8) is 0 Å². The van der Waals surface area contributed by atoms with Crippen molar-refractivity contribution < 1.29 is 4.39 Å². The van der Waals surface area contributed by atoms with Gasteiger partial charge in [0.2, 0.25) is 0 Å². The van der Waals surface area contributed by atoms with Crippen LogP contribution in [0.4, 0.5) is 4.39 Å². The molecule has 0 heterocycles. The van der Waals surface area contributed by atoms with Crippen molar-refractivity contribution in [1.82, 2.24) is 5.32 Å². The molecule has 0 atom stereocenters. The zero-order valence-electron chi connectivity index (χ0n) is 10.2. The molecule has 1 nitrogen and oxygen atoms in total. The maximum atomic E-state index is 13.0. The van der Waals surface area contributed by atoms with Crippen molar-refractivity contribution in [3.05, 3.63) is 34.6 Å². The first-order valence-electron chi connectivity index (χ1n) is 6.30. The van der Waals surface area contributed by atoms with E-state index in [0.717, 1.165) is 18.7 Å². The lowest BCUT2D eigenvalue weighted by molar-refractivity contribution is 0.124. The van der Waals surface area contributed by atoms with Crippen LogP contribution in [0.5, 0.6) is 0 Å². The highest BCUT2D eigenvalue weighted by Crippen LogP contribution is 2.43. The molecule has 0 bridgehead atoms. The molecule has 1 fully saturated rings. The van der Waals surface area contributed by atoms with Gasteiger partial charge >= 0.3 is 0 Å². The molecular weight excluding hydrogens is 237 g/mol. The van der Waals surface area contributed by atoms with Gasteiger partial charge in [0.25, 0.3) is 0 Å². The average Bonchev–Trinajstić information content (AvgIpc) is 2.27. The van der Waals surface area contributed by atoms with Gasteiger partial charge < -0.3 is 5.32 Å². The molecule has 0 spiro atoms. The fourth-order valence-corrected chi connectivity index (χ4v) is 2.66. The number of hydrogen-bond acceptors (Lipinski definition) is 1. The van der Waals surface area contributed by atoms with Crippen LogP contribution in [0.25, 0.3) is 0 Å². The Bertz CT molecular complexity index is 382. The SMILES string of the molecule is CCC1(CNCc2ccc(F)c(Cl)c2)CCC1. The highest BCUT2D eigenvalue weighted by atomic mass is 35.5. The number of benzene rings is 1. The second-order valence-electron chi connectivity index (χ2n) is 5.06. The van der Waals surface area contributed by atoms with Gasteiger partial charge in [-0.25, -0.2) is 4.39 Å². The van der Waals surface area contributed by atoms with Crippen molar-refractivity contribution in [2.75, 3.05) is 6.54 Å². The quantitative estimate of drug-likeness (QED) is 0.834. The van der Waals surface area contributed by atoms with Crippen LogP contribution in [0.1, 0.15) is 38.2 Å². The minimum atomic E-state index is -0.348. The van der Waals surface area contributed by atoms with Gasteiger partial charge in [0.05, 0.1) is 5.02 Å². The van der Waals surface area contributed by atoms with Crippen LogP contribution in [0.15, 0.2) is 18.2 Å². The van der Waals surface area contributed by atoms with E-state index in [2.05, 4.69) is 12.2 Å². The fourth-order valence-electron chi connectivity index (χ4n) is 2.45. The minimum absolute atomic E-state index is 0.207. The molecule has 1 aromatic carbocycles. The Morgan fingerprint density at radius 2 is 2.18 bits per heavy atom. The lowest BCUT2D eigenvalue weighted by Gasteiger charge is -2.41. The normalized spacial score (nSPS) is 17.8. The number of hydrogen-bond donors (Lipinski definition) is 1. The summed E-state index contributed by atoms with van der Waals surface area (Å²) in [5.41, 5.74) is 1.56. The Morgan fingerprint density at radius 1 is 1.41 bits per heavy atom. The molecule has 0 aromatic heterocycles. The van der Waals surface area contributed by atoms with Crippen LogP contribution in [0.2, 0.25) is 5.02 Å². The third-order valence-electron chi connectivity index (χ3n) is 3.98. The molecule has 0 radical (unpaired) electrons. The number of nitrogens with one attached hydrogen (secondary N) is 1.